The molecule has 3 N–H and O–H groups in total. The van der Waals surface area contributed by atoms with E-state index in [9.17, 15) is 5.11 Å². The van der Waals surface area contributed by atoms with Gasteiger partial charge in [0.25, 0.3) is 0 Å². The Morgan fingerprint density at radius 3 is 2.93 bits per heavy atom. The van der Waals surface area contributed by atoms with Gasteiger partial charge in [0.15, 0.2) is 0 Å². The second-order valence-electron chi connectivity index (χ2n) is 4.78. The lowest BCUT2D eigenvalue weighted by Crippen LogP contribution is -2.38. The number of aliphatic hydroxyl groups is 1. The van der Waals surface area contributed by atoms with E-state index in [2.05, 4.69) is 0 Å². The highest BCUT2D eigenvalue weighted by molar-refractivity contribution is 4.76. The van der Waals surface area contributed by atoms with Crippen molar-refractivity contribution in [3.05, 3.63) is 0 Å². The minimum absolute atomic E-state index is 0.0455. The highest BCUT2D eigenvalue weighted by atomic mass is 16.5. The number of hydrogen-bond acceptors (Lipinski definition) is 4. The lowest BCUT2D eigenvalue weighted by molar-refractivity contribution is -0.0279. The van der Waals surface area contributed by atoms with Crippen molar-refractivity contribution in [1.82, 2.24) is 0 Å². The van der Waals surface area contributed by atoms with E-state index in [1.807, 2.05) is 6.92 Å². The van der Waals surface area contributed by atoms with Gasteiger partial charge in [-0.3, -0.25) is 0 Å². The van der Waals surface area contributed by atoms with Crippen molar-refractivity contribution in [3.8, 4) is 0 Å². The molecule has 0 aromatic heterocycles. The molecule has 1 rings (SSSR count). The van der Waals surface area contributed by atoms with Crippen molar-refractivity contribution in [1.29, 1.82) is 0 Å². The van der Waals surface area contributed by atoms with Gasteiger partial charge in [0.05, 0.1) is 24.9 Å². The summed E-state index contributed by atoms with van der Waals surface area (Å²) in [4.78, 5) is 0. The van der Waals surface area contributed by atoms with Gasteiger partial charge in [0.1, 0.15) is 0 Å². The first-order valence-corrected chi connectivity index (χ1v) is 5.65. The first-order valence-electron chi connectivity index (χ1n) is 5.65. The second kappa shape index (κ2) is 5.80. The molecule has 0 amide bonds. The van der Waals surface area contributed by atoms with Crippen LogP contribution in [0.5, 0.6) is 0 Å². The number of rotatable bonds is 6. The smallest absolute Gasteiger partial charge is 0.0765 e. The van der Waals surface area contributed by atoms with E-state index in [4.69, 9.17) is 15.2 Å². The molecule has 0 aromatic rings. The lowest BCUT2D eigenvalue weighted by atomic mass is 9.99. The summed E-state index contributed by atoms with van der Waals surface area (Å²) in [7, 11) is 0. The summed E-state index contributed by atoms with van der Waals surface area (Å²) in [6.07, 6.45) is 1.71. The zero-order chi connectivity index (χ0) is 11.3. The van der Waals surface area contributed by atoms with Gasteiger partial charge in [0.2, 0.25) is 0 Å². The fourth-order valence-corrected chi connectivity index (χ4v) is 1.78. The molecule has 0 saturated carbocycles. The number of nitrogens with two attached hydrogens (primary N) is 1. The molecule has 1 heterocycles. The van der Waals surface area contributed by atoms with Crippen LogP contribution in [0.4, 0.5) is 0 Å². The van der Waals surface area contributed by atoms with Crippen LogP contribution in [0, 0.1) is 5.92 Å². The predicted molar refractivity (Wildman–Crippen MR) is 58.6 cm³/mol. The Kier molecular flexibility index (Phi) is 4.99. The van der Waals surface area contributed by atoms with Crippen LogP contribution in [0.2, 0.25) is 0 Å². The Balaban J connectivity index is 2.15. The highest BCUT2D eigenvalue weighted by Gasteiger charge is 2.23. The quantitative estimate of drug-likeness (QED) is 0.681. The maximum atomic E-state index is 9.76. The summed E-state index contributed by atoms with van der Waals surface area (Å²) in [5, 5.41) is 9.76. The van der Waals surface area contributed by atoms with Crippen molar-refractivity contribution < 1.29 is 14.6 Å². The molecule has 1 fully saturated rings. The summed E-state index contributed by atoms with van der Waals surface area (Å²) >= 11 is 0. The Morgan fingerprint density at radius 2 is 2.40 bits per heavy atom. The molecular formula is C11H23NO3. The molecular weight excluding hydrogens is 194 g/mol. The molecule has 3 unspecified atom stereocenters. The molecule has 4 heteroatoms. The summed E-state index contributed by atoms with van der Waals surface area (Å²) in [6, 6.07) is 0. The zero-order valence-corrected chi connectivity index (χ0v) is 9.74. The van der Waals surface area contributed by atoms with Crippen LogP contribution in [-0.4, -0.2) is 43.2 Å². The van der Waals surface area contributed by atoms with E-state index in [1.54, 1.807) is 6.92 Å². The maximum absolute atomic E-state index is 9.76. The molecule has 15 heavy (non-hydrogen) atoms. The van der Waals surface area contributed by atoms with Crippen LogP contribution in [0.3, 0.4) is 0 Å². The molecule has 1 saturated heterocycles. The fraction of sp³-hybridized carbons (Fsp3) is 1.00. The van der Waals surface area contributed by atoms with E-state index >= 15 is 0 Å². The Bertz CT molecular complexity index is 179. The zero-order valence-electron chi connectivity index (χ0n) is 9.74. The van der Waals surface area contributed by atoms with Gasteiger partial charge in [-0.1, -0.05) is 0 Å². The van der Waals surface area contributed by atoms with E-state index in [-0.39, 0.29) is 12.6 Å². The Morgan fingerprint density at radius 1 is 1.67 bits per heavy atom. The summed E-state index contributed by atoms with van der Waals surface area (Å²) in [5.41, 5.74) is 4.63. The van der Waals surface area contributed by atoms with Gasteiger partial charge < -0.3 is 20.3 Å². The third-order valence-electron chi connectivity index (χ3n) is 2.81. The van der Waals surface area contributed by atoms with E-state index in [0.29, 0.717) is 12.3 Å². The molecule has 0 spiro atoms. The first-order chi connectivity index (χ1) is 7.03. The SMILES string of the molecule is CC(CC(C)(O)CN)OCC1CCOC1. The molecule has 1 aliphatic heterocycles. The minimum atomic E-state index is -0.814. The van der Waals surface area contributed by atoms with E-state index in [0.717, 1.165) is 26.2 Å². The highest BCUT2D eigenvalue weighted by Crippen LogP contribution is 2.16. The molecule has 0 bridgehead atoms. The van der Waals surface area contributed by atoms with Gasteiger partial charge >= 0.3 is 0 Å². The predicted octanol–water partition coefficient (Wildman–Crippen LogP) is 0.528. The van der Waals surface area contributed by atoms with Crippen molar-refractivity contribution in [2.75, 3.05) is 26.4 Å². The van der Waals surface area contributed by atoms with Gasteiger partial charge in [0, 0.05) is 25.5 Å². The van der Waals surface area contributed by atoms with Gasteiger partial charge in [-0.25, -0.2) is 0 Å². The first kappa shape index (κ1) is 12.9. The van der Waals surface area contributed by atoms with Gasteiger partial charge in [-0.2, -0.15) is 0 Å². The normalized spacial score (nSPS) is 27.6. The van der Waals surface area contributed by atoms with Crippen LogP contribution in [0.1, 0.15) is 26.7 Å². The largest absolute Gasteiger partial charge is 0.389 e. The average molecular weight is 217 g/mol. The van der Waals surface area contributed by atoms with Gasteiger partial charge in [-0.05, 0) is 20.3 Å². The van der Waals surface area contributed by atoms with Crippen molar-refractivity contribution in [2.24, 2.45) is 11.7 Å². The molecule has 3 atom stereocenters. The van der Waals surface area contributed by atoms with Crippen LogP contribution in [0.25, 0.3) is 0 Å². The third kappa shape index (κ3) is 4.93. The molecule has 4 nitrogen and oxygen atoms in total. The Labute approximate surface area is 91.7 Å². The fourth-order valence-electron chi connectivity index (χ4n) is 1.78. The number of ether oxygens (including phenoxy) is 2. The van der Waals surface area contributed by atoms with Crippen molar-refractivity contribution in [3.63, 3.8) is 0 Å². The van der Waals surface area contributed by atoms with E-state index in [1.165, 1.54) is 0 Å². The summed E-state index contributed by atoms with van der Waals surface area (Å²) in [5.74, 6) is 0.523. The summed E-state index contributed by atoms with van der Waals surface area (Å²) < 4.78 is 10.9. The second-order valence-corrected chi connectivity index (χ2v) is 4.78. The molecule has 90 valence electrons. The average Bonchev–Trinajstić information content (AvgIpc) is 2.66. The van der Waals surface area contributed by atoms with Crippen molar-refractivity contribution >= 4 is 0 Å². The van der Waals surface area contributed by atoms with Gasteiger partial charge in [-0.15, -0.1) is 0 Å². The Hall–Kier alpha value is -0.160. The molecule has 0 radical (unpaired) electrons. The monoisotopic (exact) mass is 217 g/mol. The van der Waals surface area contributed by atoms with Crippen molar-refractivity contribution in [2.45, 2.75) is 38.4 Å². The molecule has 0 aliphatic carbocycles. The maximum Gasteiger partial charge on any atom is 0.0765 e. The van der Waals surface area contributed by atoms with Crippen LogP contribution in [-0.2, 0) is 9.47 Å². The van der Waals surface area contributed by atoms with Crippen LogP contribution < -0.4 is 5.73 Å². The molecule has 0 aromatic carbocycles. The number of hydrogen-bond donors (Lipinski definition) is 2. The van der Waals surface area contributed by atoms with E-state index < -0.39 is 5.60 Å². The molecule has 1 aliphatic rings. The summed E-state index contributed by atoms with van der Waals surface area (Å²) in [6.45, 7) is 6.36. The van der Waals surface area contributed by atoms with Crippen LogP contribution >= 0.6 is 0 Å². The standard InChI is InChI=1S/C11H23NO3/c1-9(5-11(2,13)8-12)15-7-10-3-4-14-6-10/h9-10,13H,3-8,12H2,1-2H3. The topological polar surface area (TPSA) is 64.7 Å². The third-order valence-corrected chi connectivity index (χ3v) is 2.81. The lowest BCUT2D eigenvalue weighted by Gasteiger charge is -2.25. The van der Waals surface area contributed by atoms with Crippen LogP contribution in [0.15, 0.2) is 0 Å². The minimum Gasteiger partial charge on any atom is -0.389 e.